The molecule has 0 unspecified atom stereocenters. The minimum atomic E-state index is -0.619. The minimum absolute atomic E-state index is 0.0244. The summed E-state index contributed by atoms with van der Waals surface area (Å²) < 4.78 is 17.3. The quantitative estimate of drug-likeness (QED) is 0.599. The fourth-order valence-electron chi connectivity index (χ4n) is 8.45. The second kappa shape index (κ2) is 6.96. The maximum atomic E-state index is 11.8. The summed E-state index contributed by atoms with van der Waals surface area (Å²) in [6.07, 6.45) is 7.10. The fraction of sp³-hybridized carbons (Fsp3) is 0.917. The molecule has 3 aliphatic carbocycles. The van der Waals surface area contributed by atoms with Crippen molar-refractivity contribution in [2.24, 2.45) is 39.9 Å². The van der Waals surface area contributed by atoms with E-state index in [2.05, 4.69) is 27.7 Å². The van der Waals surface area contributed by atoms with Gasteiger partial charge in [-0.3, -0.25) is 9.59 Å². The van der Waals surface area contributed by atoms with Crippen molar-refractivity contribution in [2.75, 3.05) is 0 Å². The summed E-state index contributed by atoms with van der Waals surface area (Å²) in [5, 5.41) is 0. The predicted octanol–water partition coefficient (Wildman–Crippen LogP) is 5.07. The first kappa shape index (κ1) is 21.1. The van der Waals surface area contributed by atoms with Gasteiger partial charge in [-0.2, -0.15) is 0 Å². The maximum Gasteiger partial charge on any atom is 0.304 e. The van der Waals surface area contributed by atoms with Crippen molar-refractivity contribution in [2.45, 2.75) is 99.1 Å². The standard InChI is InChI=1S/C24H38O5/c1-14(25)27-20-16-8-9-18-23(5)12-7-11-22(3,4)17(23)10-13-24(18,6)19(16)21(29-20)28-15(2)26/h16-21H,7-13H2,1-6H3/t16-,17+,18+,19+,20-,21+,23+,24-/m1/s1. The van der Waals surface area contributed by atoms with Crippen molar-refractivity contribution in [1.82, 2.24) is 0 Å². The monoisotopic (exact) mass is 406 g/mol. The molecule has 4 fully saturated rings. The van der Waals surface area contributed by atoms with E-state index in [9.17, 15) is 9.59 Å². The number of carbonyl (C=O) groups excluding carboxylic acids is 2. The molecule has 1 saturated heterocycles. The first-order valence-electron chi connectivity index (χ1n) is 11.5. The first-order valence-corrected chi connectivity index (χ1v) is 11.5. The molecular weight excluding hydrogens is 368 g/mol. The van der Waals surface area contributed by atoms with Crippen LogP contribution in [0.5, 0.6) is 0 Å². The molecule has 1 aliphatic heterocycles. The number of rotatable bonds is 2. The van der Waals surface area contributed by atoms with Crippen molar-refractivity contribution in [3.05, 3.63) is 0 Å². The smallest absolute Gasteiger partial charge is 0.304 e. The highest BCUT2D eigenvalue weighted by molar-refractivity contribution is 5.66. The third kappa shape index (κ3) is 3.23. The summed E-state index contributed by atoms with van der Waals surface area (Å²) >= 11 is 0. The minimum Gasteiger partial charge on any atom is -0.435 e. The van der Waals surface area contributed by atoms with Crippen LogP contribution >= 0.6 is 0 Å². The van der Waals surface area contributed by atoms with Crippen LogP contribution in [0.1, 0.15) is 86.5 Å². The van der Waals surface area contributed by atoms with Crippen molar-refractivity contribution in [3.8, 4) is 0 Å². The van der Waals surface area contributed by atoms with E-state index < -0.39 is 12.6 Å². The highest BCUT2D eigenvalue weighted by Gasteiger charge is 2.67. The van der Waals surface area contributed by atoms with E-state index >= 15 is 0 Å². The number of carbonyl (C=O) groups is 2. The molecule has 0 N–H and O–H groups in total. The molecule has 0 aromatic rings. The van der Waals surface area contributed by atoms with Gasteiger partial charge >= 0.3 is 11.9 Å². The number of esters is 2. The summed E-state index contributed by atoms with van der Waals surface area (Å²) in [5.74, 6) is 0.818. The molecule has 0 spiro atoms. The highest BCUT2D eigenvalue weighted by Crippen LogP contribution is 2.70. The lowest BCUT2D eigenvalue weighted by molar-refractivity contribution is -0.224. The average molecular weight is 407 g/mol. The lowest BCUT2D eigenvalue weighted by Gasteiger charge is -2.66. The van der Waals surface area contributed by atoms with Crippen LogP contribution in [0.4, 0.5) is 0 Å². The zero-order chi connectivity index (χ0) is 21.2. The molecule has 4 rings (SSSR count). The molecule has 0 aromatic carbocycles. The molecule has 164 valence electrons. The Morgan fingerprint density at radius 1 is 0.793 bits per heavy atom. The van der Waals surface area contributed by atoms with Gasteiger partial charge in [0.15, 0.2) is 0 Å². The van der Waals surface area contributed by atoms with E-state index in [0.29, 0.717) is 16.7 Å². The Kier molecular flexibility index (Phi) is 5.08. The van der Waals surface area contributed by atoms with Crippen LogP contribution in [-0.4, -0.2) is 24.5 Å². The molecule has 0 radical (unpaired) electrons. The zero-order valence-corrected chi connectivity index (χ0v) is 19.0. The van der Waals surface area contributed by atoms with Crippen molar-refractivity contribution in [1.29, 1.82) is 0 Å². The summed E-state index contributed by atoms with van der Waals surface area (Å²) in [6.45, 7) is 12.7. The van der Waals surface area contributed by atoms with Gasteiger partial charge < -0.3 is 14.2 Å². The maximum absolute atomic E-state index is 11.8. The van der Waals surface area contributed by atoms with Gasteiger partial charge in [-0.05, 0) is 66.6 Å². The fourth-order valence-corrected chi connectivity index (χ4v) is 8.45. The number of ether oxygens (including phenoxy) is 3. The summed E-state index contributed by atoms with van der Waals surface area (Å²) in [4.78, 5) is 23.5. The van der Waals surface area contributed by atoms with E-state index in [1.165, 1.54) is 39.5 Å². The van der Waals surface area contributed by atoms with Gasteiger partial charge in [-0.15, -0.1) is 0 Å². The molecule has 3 saturated carbocycles. The van der Waals surface area contributed by atoms with Gasteiger partial charge in [-0.1, -0.05) is 34.1 Å². The molecule has 8 atom stereocenters. The Labute approximate surface area is 175 Å². The Morgan fingerprint density at radius 2 is 1.45 bits per heavy atom. The van der Waals surface area contributed by atoms with Gasteiger partial charge in [0.05, 0.1) is 0 Å². The molecule has 0 bridgehead atoms. The van der Waals surface area contributed by atoms with Crippen molar-refractivity contribution in [3.63, 3.8) is 0 Å². The van der Waals surface area contributed by atoms with E-state index in [4.69, 9.17) is 14.2 Å². The molecule has 29 heavy (non-hydrogen) atoms. The van der Waals surface area contributed by atoms with Crippen LogP contribution in [0.15, 0.2) is 0 Å². The second-order valence-electron chi connectivity index (χ2n) is 11.4. The molecule has 5 nitrogen and oxygen atoms in total. The Bertz CT molecular complexity index is 687. The predicted molar refractivity (Wildman–Crippen MR) is 108 cm³/mol. The highest BCUT2D eigenvalue weighted by atomic mass is 16.8. The Morgan fingerprint density at radius 3 is 2.10 bits per heavy atom. The third-order valence-electron chi connectivity index (χ3n) is 9.33. The van der Waals surface area contributed by atoms with Gasteiger partial charge in [0.25, 0.3) is 0 Å². The van der Waals surface area contributed by atoms with Crippen LogP contribution in [0.3, 0.4) is 0 Å². The molecule has 0 amide bonds. The summed E-state index contributed by atoms with van der Waals surface area (Å²) in [6, 6.07) is 0. The third-order valence-corrected chi connectivity index (χ3v) is 9.33. The second-order valence-corrected chi connectivity index (χ2v) is 11.4. The Hall–Kier alpha value is -1.10. The van der Waals surface area contributed by atoms with E-state index in [1.54, 1.807) is 0 Å². The molecule has 1 heterocycles. The summed E-state index contributed by atoms with van der Waals surface area (Å²) in [5.41, 5.74) is 0.712. The van der Waals surface area contributed by atoms with Crippen LogP contribution in [0.2, 0.25) is 0 Å². The van der Waals surface area contributed by atoms with Gasteiger partial charge in [0.1, 0.15) is 0 Å². The van der Waals surface area contributed by atoms with Crippen LogP contribution in [0, 0.1) is 39.9 Å². The molecule has 0 aromatic heterocycles. The summed E-state index contributed by atoms with van der Waals surface area (Å²) in [7, 11) is 0. The van der Waals surface area contributed by atoms with Gasteiger partial charge in [-0.25, -0.2) is 0 Å². The van der Waals surface area contributed by atoms with E-state index in [1.807, 2.05) is 0 Å². The Balaban J connectivity index is 1.70. The van der Waals surface area contributed by atoms with E-state index in [-0.39, 0.29) is 29.2 Å². The normalized spacial score (nSPS) is 48.1. The van der Waals surface area contributed by atoms with Gasteiger partial charge in [0.2, 0.25) is 12.6 Å². The molecule has 4 aliphatic rings. The largest absolute Gasteiger partial charge is 0.435 e. The van der Waals surface area contributed by atoms with Crippen LogP contribution in [0.25, 0.3) is 0 Å². The van der Waals surface area contributed by atoms with Crippen LogP contribution < -0.4 is 0 Å². The van der Waals surface area contributed by atoms with E-state index in [0.717, 1.165) is 25.2 Å². The van der Waals surface area contributed by atoms with Crippen molar-refractivity contribution >= 4 is 11.9 Å². The SMILES string of the molecule is CC(=O)O[C@@H]1O[C@H](OC(C)=O)[C@@H]2[C@H]1CC[C@@H]1[C@@]2(C)CC[C@H]2C(C)(C)CCC[C@]12C. The molecular formula is C24H38O5. The number of fused-ring (bicyclic) bond motifs is 5. The first-order chi connectivity index (χ1) is 13.5. The lowest BCUT2D eigenvalue weighted by atomic mass is 9.39. The molecule has 5 heteroatoms. The van der Waals surface area contributed by atoms with Crippen LogP contribution in [-0.2, 0) is 23.8 Å². The van der Waals surface area contributed by atoms with Crippen molar-refractivity contribution < 1.29 is 23.8 Å². The van der Waals surface area contributed by atoms with Gasteiger partial charge in [0, 0.05) is 25.7 Å². The average Bonchev–Trinajstić information content (AvgIpc) is 2.90. The lowest BCUT2D eigenvalue weighted by Crippen LogP contribution is -2.60. The number of hydrogen-bond donors (Lipinski definition) is 0. The number of hydrogen-bond acceptors (Lipinski definition) is 5. The topological polar surface area (TPSA) is 61.8 Å². The zero-order valence-electron chi connectivity index (χ0n) is 19.0.